The molecule has 0 atom stereocenters. The van der Waals surface area contributed by atoms with E-state index in [4.69, 9.17) is 4.74 Å². The summed E-state index contributed by atoms with van der Waals surface area (Å²) < 4.78 is 11.8. The zero-order valence-electron chi connectivity index (χ0n) is 18.3. The van der Waals surface area contributed by atoms with Crippen LogP contribution in [0.1, 0.15) is 28.2 Å². The molecule has 0 bridgehead atoms. The van der Waals surface area contributed by atoms with Crippen molar-refractivity contribution >= 4 is 29.3 Å². The summed E-state index contributed by atoms with van der Waals surface area (Å²) in [5.74, 6) is 1.37. The van der Waals surface area contributed by atoms with Gasteiger partial charge in [-0.25, -0.2) is 4.79 Å². The molecule has 168 valence electrons. The third-order valence-electron chi connectivity index (χ3n) is 4.87. The predicted molar refractivity (Wildman–Crippen MR) is 123 cm³/mol. The van der Waals surface area contributed by atoms with Gasteiger partial charge in [0.2, 0.25) is 5.91 Å². The average molecular weight is 455 g/mol. The molecule has 8 nitrogen and oxygen atoms in total. The molecule has 0 spiro atoms. The maximum Gasteiger partial charge on any atom is 0.337 e. The fourth-order valence-corrected chi connectivity index (χ4v) is 3.80. The molecule has 3 aromatic rings. The number of amides is 1. The third kappa shape index (κ3) is 6.34. The Balaban J connectivity index is 1.45. The molecule has 0 radical (unpaired) electrons. The van der Waals surface area contributed by atoms with E-state index in [0.717, 1.165) is 30.8 Å². The van der Waals surface area contributed by atoms with Gasteiger partial charge in [0.05, 0.1) is 25.5 Å². The Labute approximate surface area is 191 Å². The van der Waals surface area contributed by atoms with Crippen LogP contribution in [0, 0.1) is 0 Å². The van der Waals surface area contributed by atoms with E-state index in [1.165, 1.54) is 24.4 Å². The lowest BCUT2D eigenvalue weighted by Crippen LogP contribution is -2.14. The van der Waals surface area contributed by atoms with Crippen LogP contribution in [0.25, 0.3) is 0 Å². The second-order valence-electron chi connectivity index (χ2n) is 7.07. The minimum atomic E-state index is -0.416. The highest BCUT2D eigenvalue weighted by molar-refractivity contribution is 7.99. The maximum atomic E-state index is 12.3. The van der Waals surface area contributed by atoms with Crippen LogP contribution >= 0.6 is 11.8 Å². The Bertz CT molecular complexity index is 1050. The maximum absolute atomic E-state index is 12.3. The van der Waals surface area contributed by atoms with Gasteiger partial charge in [-0.05, 0) is 54.8 Å². The summed E-state index contributed by atoms with van der Waals surface area (Å²) in [5.41, 5.74) is 2.29. The number of thioether (sulfide) groups is 1. The van der Waals surface area contributed by atoms with Crippen molar-refractivity contribution in [2.24, 2.45) is 7.05 Å². The van der Waals surface area contributed by atoms with Crippen molar-refractivity contribution in [1.29, 1.82) is 0 Å². The second-order valence-corrected chi connectivity index (χ2v) is 8.01. The standard InChI is InChI=1S/C23H26N4O4S/c1-27-20(6-4-5-16-7-13-19(30-2)14-8-16)25-26-23(27)32-15-21(28)24-18-11-9-17(10-12-18)22(29)31-3/h7-14H,4-6,15H2,1-3H3,(H,24,28). The number of hydrogen-bond acceptors (Lipinski definition) is 7. The summed E-state index contributed by atoms with van der Waals surface area (Å²) in [4.78, 5) is 23.7. The van der Waals surface area contributed by atoms with Crippen molar-refractivity contribution in [3.8, 4) is 5.75 Å². The molecule has 0 aliphatic heterocycles. The van der Waals surface area contributed by atoms with E-state index in [1.807, 2.05) is 23.7 Å². The van der Waals surface area contributed by atoms with Crippen LogP contribution in [0.5, 0.6) is 5.75 Å². The molecule has 0 aliphatic carbocycles. The number of carbonyl (C=O) groups is 2. The van der Waals surface area contributed by atoms with Crippen molar-refractivity contribution in [2.45, 2.75) is 24.4 Å². The van der Waals surface area contributed by atoms with Crippen molar-refractivity contribution in [3.63, 3.8) is 0 Å². The highest BCUT2D eigenvalue weighted by atomic mass is 32.2. The molecule has 3 rings (SSSR count). The largest absolute Gasteiger partial charge is 0.497 e. The number of nitrogens with zero attached hydrogens (tertiary/aromatic N) is 3. The molecule has 0 unspecified atom stereocenters. The molecule has 1 aromatic heterocycles. The summed E-state index contributed by atoms with van der Waals surface area (Å²) in [5, 5.41) is 12.0. The smallest absolute Gasteiger partial charge is 0.337 e. The van der Waals surface area contributed by atoms with Gasteiger partial charge in [-0.2, -0.15) is 0 Å². The highest BCUT2D eigenvalue weighted by Gasteiger charge is 2.12. The normalized spacial score (nSPS) is 10.6. The number of esters is 1. The molecular weight excluding hydrogens is 428 g/mol. The lowest BCUT2D eigenvalue weighted by molar-refractivity contribution is -0.113. The number of rotatable bonds is 10. The van der Waals surface area contributed by atoms with E-state index in [1.54, 1.807) is 31.4 Å². The number of anilines is 1. The van der Waals surface area contributed by atoms with Gasteiger partial charge in [-0.15, -0.1) is 10.2 Å². The van der Waals surface area contributed by atoms with E-state index in [-0.39, 0.29) is 11.7 Å². The lowest BCUT2D eigenvalue weighted by Gasteiger charge is -2.07. The topological polar surface area (TPSA) is 95.3 Å². The number of hydrogen-bond donors (Lipinski definition) is 1. The fraction of sp³-hybridized carbons (Fsp3) is 0.304. The molecule has 2 aromatic carbocycles. The molecule has 0 saturated carbocycles. The van der Waals surface area contributed by atoms with Crippen LogP contribution in [0.4, 0.5) is 5.69 Å². The first-order valence-corrected chi connectivity index (χ1v) is 11.1. The van der Waals surface area contributed by atoms with Gasteiger partial charge in [0.25, 0.3) is 0 Å². The zero-order chi connectivity index (χ0) is 22.9. The van der Waals surface area contributed by atoms with Crippen LogP contribution in [0.15, 0.2) is 53.7 Å². The van der Waals surface area contributed by atoms with Crippen LogP contribution in [-0.2, 0) is 29.4 Å². The lowest BCUT2D eigenvalue weighted by atomic mass is 10.1. The number of aromatic nitrogens is 3. The average Bonchev–Trinajstić information content (AvgIpc) is 3.17. The number of ether oxygens (including phenoxy) is 2. The van der Waals surface area contributed by atoms with Gasteiger partial charge in [-0.3, -0.25) is 4.79 Å². The summed E-state index contributed by atoms with van der Waals surface area (Å²) >= 11 is 1.33. The summed E-state index contributed by atoms with van der Waals surface area (Å²) in [6, 6.07) is 14.6. The molecule has 32 heavy (non-hydrogen) atoms. The Morgan fingerprint density at radius 3 is 2.38 bits per heavy atom. The van der Waals surface area contributed by atoms with Gasteiger partial charge in [0, 0.05) is 19.2 Å². The number of methoxy groups -OCH3 is 2. The van der Waals surface area contributed by atoms with E-state index in [2.05, 4.69) is 32.4 Å². The van der Waals surface area contributed by atoms with Crippen LogP contribution in [0.2, 0.25) is 0 Å². The molecule has 0 saturated heterocycles. The van der Waals surface area contributed by atoms with Gasteiger partial charge in [0.15, 0.2) is 5.16 Å². The number of benzene rings is 2. The first-order valence-electron chi connectivity index (χ1n) is 10.1. The van der Waals surface area contributed by atoms with Crippen molar-refractivity contribution < 1.29 is 19.1 Å². The number of carbonyl (C=O) groups excluding carboxylic acids is 2. The minimum absolute atomic E-state index is 0.162. The molecule has 1 N–H and O–H groups in total. The summed E-state index contributed by atoms with van der Waals surface area (Å²) in [6.07, 6.45) is 2.69. The number of aryl methyl sites for hydroxylation is 2. The van der Waals surface area contributed by atoms with E-state index >= 15 is 0 Å². The number of nitrogens with one attached hydrogen (secondary N) is 1. The Hall–Kier alpha value is -3.33. The second kappa shape index (κ2) is 11.3. The van der Waals surface area contributed by atoms with E-state index in [9.17, 15) is 9.59 Å². The third-order valence-corrected chi connectivity index (χ3v) is 5.89. The van der Waals surface area contributed by atoms with Gasteiger partial charge < -0.3 is 19.4 Å². The van der Waals surface area contributed by atoms with Gasteiger partial charge in [0.1, 0.15) is 11.6 Å². The molecule has 9 heteroatoms. The monoisotopic (exact) mass is 454 g/mol. The zero-order valence-corrected chi connectivity index (χ0v) is 19.1. The quantitative estimate of drug-likeness (QED) is 0.370. The SMILES string of the molecule is COC(=O)c1ccc(NC(=O)CSc2nnc(CCCc3ccc(OC)cc3)n2C)cc1. The Morgan fingerprint density at radius 1 is 1.00 bits per heavy atom. The summed E-state index contributed by atoms with van der Waals surface area (Å²) in [6.45, 7) is 0. The fourth-order valence-electron chi connectivity index (χ4n) is 3.07. The molecule has 1 heterocycles. The predicted octanol–water partition coefficient (Wildman–Crippen LogP) is 3.52. The van der Waals surface area contributed by atoms with Gasteiger partial charge >= 0.3 is 5.97 Å². The van der Waals surface area contributed by atoms with E-state index < -0.39 is 5.97 Å². The highest BCUT2D eigenvalue weighted by Crippen LogP contribution is 2.18. The molecule has 0 fully saturated rings. The first-order chi connectivity index (χ1) is 15.5. The molecule has 1 amide bonds. The minimum Gasteiger partial charge on any atom is -0.497 e. The Morgan fingerprint density at radius 2 is 1.72 bits per heavy atom. The van der Waals surface area contributed by atoms with Crippen molar-refractivity contribution in [1.82, 2.24) is 14.8 Å². The van der Waals surface area contributed by atoms with Crippen LogP contribution in [0.3, 0.4) is 0 Å². The van der Waals surface area contributed by atoms with Crippen LogP contribution in [-0.4, -0.2) is 46.6 Å². The van der Waals surface area contributed by atoms with E-state index in [0.29, 0.717) is 16.4 Å². The summed E-state index contributed by atoms with van der Waals surface area (Å²) in [7, 11) is 4.90. The molecular formula is C23H26N4O4S. The van der Waals surface area contributed by atoms with Crippen molar-refractivity contribution in [3.05, 3.63) is 65.5 Å². The first kappa shape index (κ1) is 23.3. The Kier molecular flexibility index (Phi) is 8.27. The van der Waals surface area contributed by atoms with Crippen LogP contribution < -0.4 is 10.1 Å². The van der Waals surface area contributed by atoms with Gasteiger partial charge in [-0.1, -0.05) is 23.9 Å². The van der Waals surface area contributed by atoms with Crippen molar-refractivity contribution in [2.75, 3.05) is 25.3 Å². The molecule has 0 aliphatic rings.